The number of rotatable bonds is 0. The second-order valence-corrected chi connectivity index (χ2v) is 5.91. The Morgan fingerprint density at radius 1 is 1.25 bits per heavy atom. The summed E-state index contributed by atoms with van der Waals surface area (Å²) in [6, 6.07) is 0. The van der Waals surface area contributed by atoms with Crippen molar-refractivity contribution in [2.45, 2.75) is 57.3 Å². The van der Waals surface area contributed by atoms with E-state index >= 15 is 0 Å². The Morgan fingerprint density at radius 3 is 2.85 bits per heavy atom. The standard InChI is InChI=1S/C16H24O4/c1-11-5-3-2-4-6-12-9-13(17)10-14(12)15(18)7-8-16(19)20-11/h4,6-8,11-15,17-18H,2-3,5,9-10H2,1H3/b6-4-,8-7-/t11-,12-,13-,14-,15-/m1/s1. The Bertz CT molecular complexity index is 388. The number of esters is 1. The van der Waals surface area contributed by atoms with Gasteiger partial charge in [0.2, 0.25) is 0 Å². The third-order valence-corrected chi connectivity index (χ3v) is 4.19. The number of allylic oxidation sites excluding steroid dienone is 2. The first kappa shape index (κ1) is 15.3. The second-order valence-electron chi connectivity index (χ2n) is 5.91. The highest BCUT2D eigenvalue weighted by molar-refractivity contribution is 5.82. The zero-order valence-corrected chi connectivity index (χ0v) is 11.9. The van der Waals surface area contributed by atoms with Crippen molar-refractivity contribution >= 4 is 5.97 Å². The summed E-state index contributed by atoms with van der Waals surface area (Å²) in [4.78, 5) is 11.6. The molecule has 0 saturated heterocycles. The zero-order valence-electron chi connectivity index (χ0n) is 11.9. The monoisotopic (exact) mass is 280 g/mol. The largest absolute Gasteiger partial charge is 0.460 e. The Morgan fingerprint density at radius 2 is 2.05 bits per heavy atom. The van der Waals surface area contributed by atoms with Gasteiger partial charge in [-0.15, -0.1) is 0 Å². The van der Waals surface area contributed by atoms with E-state index in [1.807, 2.05) is 6.92 Å². The molecule has 1 aliphatic heterocycles. The molecule has 4 heteroatoms. The summed E-state index contributed by atoms with van der Waals surface area (Å²) in [5, 5.41) is 20.0. The topological polar surface area (TPSA) is 66.8 Å². The van der Waals surface area contributed by atoms with E-state index in [1.54, 1.807) is 0 Å². The van der Waals surface area contributed by atoms with E-state index in [2.05, 4.69) is 12.2 Å². The number of fused-ring (bicyclic) bond motifs is 1. The molecule has 4 nitrogen and oxygen atoms in total. The van der Waals surface area contributed by atoms with E-state index in [1.165, 1.54) is 12.2 Å². The van der Waals surface area contributed by atoms with Crippen LogP contribution in [0.2, 0.25) is 0 Å². The van der Waals surface area contributed by atoms with Gasteiger partial charge in [-0.1, -0.05) is 12.2 Å². The van der Waals surface area contributed by atoms with E-state index in [-0.39, 0.29) is 24.0 Å². The van der Waals surface area contributed by atoms with E-state index in [0.717, 1.165) is 19.3 Å². The van der Waals surface area contributed by atoms with Crippen LogP contribution >= 0.6 is 0 Å². The molecule has 0 amide bonds. The fourth-order valence-electron chi connectivity index (χ4n) is 3.10. The van der Waals surface area contributed by atoms with Gasteiger partial charge < -0.3 is 14.9 Å². The number of hydrogen-bond acceptors (Lipinski definition) is 4. The van der Waals surface area contributed by atoms with E-state index < -0.39 is 12.1 Å². The molecule has 0 aromatic heterocycles. The van der Waals surface area contributed by atoms with Crippen LogP contribution in [0.1, 0.15) is 39.0 Å². The molecule has 0 unspecified atom stereocenters. The van der Waals surface area contributed by atoms with Crippen LogP contribution in [0.15, 0.2) is 24.3 Å². The SMILES string of the molecule is C[C@@H]1CCC/C=C\[C@@H]2C[C@@H](O)C[C@H]2[C@H](O)/C=C\C(=O)O1. The van der Waals surface area contributed by atoms with Gasteiger partial charge in [0.25, 0.3) is 0 Å². The number of aliphatic hydroxyl groups is 2. The molecule has 2 N–H and O–H groups in total. The van der Waals surface area contributed by atoms with Gasteiger partial charge in [-0.3, -0.25) is 0 Å². The van der Waals surface area contributed by atoms with Gasteiger partial charge in [0.05, 0.1) is 18.3 Å². The Balaban J connectivity index is 2.11. The van der Waals surface area contributed by atoms with Crippen molar-refractivity contribution in [3.63, 3.8) is 0 Å². The van der Waals surface area contributed by atoms with Gasteiger partial charge >= 0.3 is 5.97 Å². The van der Waals surface area contributed by atoms with Crippen LogP contribution in [-0.4, -0.2) is 34.5 Å². The molecule has 112 valence electrons. The molecule has 0 radical (unpaired) electrons. The first-order valence-corrected chi connectivity index (χ1v) is 7.48. The van der Waals surface area contributed by atoms with Gasteiger partial charge in [0.1, 0.15) is 0 Å². The fraction of sp³-hybridized carbons (Fsp3) is 0.688. The van der Waals surface area contributed by atoms with Crippen molar-refractivity contribution < 1.29 is 19.7 Å². The van der Waals surface area contributed by atoms with Gasteiger partial charge in [-0.2, -0.15) is 0 Å². The number of hydrogen-bond donors (Lipinski definition) is 2. The minimum Gasteiger partial charge on any atom is -0.460 e. The predicted molar refractivity (Wildman–Crippen MR) is 75.9 cm³/mol. The van der Waals surface area contributed by atoms with Crippen molar-refractivity contribution in [1.82, 2.24) is 0 Å². The maximum atomic E-state index is 11.6. The zero-order chi connectivity index (χ0) is 14.5. The molecule has 1 fully saturated rings. The second kappa shape index (κ2) is 7.04. The number of ether oxygens (including phenoxy) is 1. The highest BCUT2D eigenvalue weighted by Gasteiger charge is 2.35. The Kier molecular flexibility index (Phi) is 5.38. The molecule has 0 spiro atoms. The highest BCUT2D eigenvalue weighted by Crippen LogP contribution is 2.36. The predicted octanol–water partition coefficient (Wildman–Crippen LogP) is 1.96. The first-order chi connectivity index (χ1) is 9.56. The lowest BCUT2D eigenvalue weighted by atomic mass is 9.90. The summed E-state index contributed by atoms with van der Waals surface area (Å²) in [6.07, 6.45) is 9.87. The molecule has 0 bridgehead atoms. The Hall–Kier alpha value is -1.13. The fourth-order valence-corrected chi connectivity index (χ4v) is 3.10. The summed E-state index contributed by atoms with van der Waals surface area (Å²) in [6.45, 7) is 1.89. The van der Waals surface area contributed by atoms with Crippen molar-refractivity contribution in [1.29, 1.82) is 0 Å². The van der Waals surface area contributed by atoms with Crippen molar-refractivity contribution in [2.75, 3.05) is 0 Å². The van der Waals surface area contributed by atoms with Crippen molar-refractivity contribution in [3.8, 4) is 0 Å². The van der Waals surface area contributed by atoms with Crippen LogP contribution in [0, 0.1) is 11.8 Å². The van der Waals surface area contributed by atoms with Crippen molar-refractivity contribution in [3.05, 3.63) is 24.3 Å². The highest BCUT2D eigenvalue weighted by atomic mass is 16.5. The maximum Gasteiger partial charge on any atom is 0.330 e. The smallest absolute Gasteiger partial charge is 0.330 e. The third kappa shape index (κ3) is 4.18. The molecule has 0 aromatic rings. The molecule has 1 aliphatic carbocycles. The van der Waals surface area contributed by atoms with Gasteiger partial charge in [-0.25, -0.2) is 4.79 Å². The summed E-state index contributed by atoms with van der Waals surface area (Å²) in [5.74, 6) is -0.249. The van der Waals surface area contributed by atoms with Crippen LogP contribution in [0.3, 0.4) is 0 Å². The number of carbonyl (C=O) groups excluding carboxylic acids is 1. The quantitative estimate of drug-likeness (QED) is 0.526. The molecule has 20 heavy (non-hydrogen) atoms. The lowest BCUT2D eigenvalue weighted by Crippen LogP contribution is -2.21. The van der Waals surface area contributed by atoms with Gasteiger partial charge in [-0.05, 0) is 56.9 Å². The lowest BCUT2D eigenvalue weighted by Gasteiger charge is -2.19. The summed E-state index contributed by atoms with van der Waals surface area (Å²) in [5.41, 5.74) is 0. The molecular formula is C16H24O4. The van der Waals surface area contributed by atoms with Gasteiger partial charge in [0.15, 0.2) is 0 Å². The molecule has 2 aliphatic rings. The molecular weight excluding hydrogens is 256 g/mol. The number of carbonyl (C=O) groups is 1. The van der Waals surface area contributed by atoms with Crippen molar-refractivity contribution in [2.24, 2.45) is 11.8 Å². The lowest BCUT2D eigenvalue weighted by molar-refractivity contribution is -0.142. The molecule has 5 atom stereocenters. The van der Waals surface area contributed by atoms with Crippen LogP contribution in [0.5, 0.6) is 0 Å². The van der Waals surface area contributed by atoms with E-state index in [0.29, 0.717) is 12.8 Å². The van der Waals surface area contributed by atoms with E-state index in [9.17, 15) is 15.0 Å². The van der Waals surface area contributed by atoms with Crippen LogP contribution in [0.25, 0.3) is 0 Å². The van der Waals surface area contributed by atoms with Gasteiger partial charge in [0, 0.05) is 6.08 Å². The summed E-state index contributed by atoms with van der Waals surface area (Å²) >= 11 is 0. The van der Waals surface area contributed by atoms with Crippen LogP contribution in [0.4, 0.5) is 0 Å². The molecule has 2 rings (SSSR count). The minimum atomic E-state index is -0.717. The molecule has 0 aromatic carbocycles. The maximum absolute atomic E-state index is 11.6. The molecule has 1 heterocycles. The average Bonchev–Trinajstić information content (AvgIpc) is 2.76. The van der Waals surface area contributed by atoms with E-state index in [4.69, 9.17) is 4.74 Å². The Labute approximate surface area is 120 Å². The van der Waals surface area contributed by atoms with Crippen LogP contribution in [-0.2, 0) is 9.53 Å². The van der Waals surface area contributed by atoms with Crippen LogP contribution < -0.4 is 0 Å². The summed E-state index contributed by atoms with van der Waals surface area (Å²) < 4.78 is 5.23. The first-order valence-electron chi connectivity index (χ1n) is 7.48. The third-order valence-electron chi connectivity index (χ3n) is 4.19. The number of aliphatic hydroxyl groups excluding tert-OH is 2. The summed E-state index contributed by atoms with van der Waals surface area (Å²) in [7, 11) is 0. The number of cyclic esters (lactones) is 1. The normalized spacial score (nSPS) is 42.5. The minimum absolute atomic E-state index is 0.0246. The molecule has 1 saturated carbocycles. The average molecular weight is 280 g/mol.